The fourth-order valence-corrected chi connectivity index (χ4v) is 4.64. The Morgan fingerprint density at radius 3 is 2.77 bits per heavy atom. The van der Waals surface area contributed by atoms with Crippen LogP contribution < -0.4 is 5.32 Å². The van der Waals surface area contributed by atoms with Crippen LogP contribution in [0.25, 0.3) is 0 Å². The lowest BCUT2D eigenvalue weighted by atomic mass is 9.76. The number of amides is 2. The number of hydrogen-bond acceptors (Lipinski definition) is 4. The van der Waals surface area contributed by atoms with E-state index in [1.165, 1.54) is 0 Å². The van der Waals surface area contributed by atoms with Crippen LogP contribution in [0.4, 0.5) is 0 Å². The monoisotopic (exact) mass is 370 g/mol. The summed E-state index contributed by atoms with van der Waals surface area (Å²) in [6.45, 7) is 0.995. The van der Waals surface area contributed by atoms with Crippen molar-refractivity contribution >= 4 is 23.2 Å². The highest BCUT2D eigenvalue weighted by Gasteiger charge is 2.36. The molecule has 1 aromatic heterocycles. The van der Waals surface area contributed by atoms with Crippen LogP contribution in [0.5, 0.6) is 0 Å². The second kappa shape index (κ2) is 7.21. The molecule has 2 heterocycles. The number of rotatable bonds is 6. The van der Waals surface area contributed by atoms with Gasteiger partial charge in [0.05, 0.1) is 12.1 Å². The predicted molar refractivity (Wildman–Crippen MR) is 99.7 cm³/mol. The molecule has 2 aromatic rings. The Morgan fingerprint density at radius 2 is 2.08 bits per heavy atom. The summed E-state index contributed by atoms with van der Waals surface area (Å²) < 4.78 is 0. The molecule has 0 unspecified atom stereocenters. The van der Waals surface area contributed by atoms with E-state index in [-0.39, 0.29) is 36.3 Å². The van der Waals surface area contributed by atoms with Crippen LogP contribution in [0.15, 0.2) is 41.8 Å². The smallest absolute Gasteiger partial charge is 0.254 e. The van der Waals surface area contributed by atoms with Crippen LogP contribution in [-0.2, 0) is 11.3 Å². The molecule has 2 amide bonds. The van der Waals surface area contributed by atoms with Gasteiger partial charge in [-0.2, -0.15) is 0 Å². The van der Waals surface area contributed by atoms with E-state index in [0.29, 0.717) is 13.1 Å². The minimum Gasteiger partial charge on any atom is -0.393 e. The summed E-state index contributed by atoms with van der Waals surface area (Å²) in [7, 11) is 0. The number of nitrogens with zero attached hydrogens (tertiary/aromatic N) is 1. The minimum absolute atomic E-state index is 0.00493. The molecule has 0 saturated heterocycles. The Hall–Kier alpha value is -2.18. The number of aliphatic hydroxyl groups excluding tert-OH is 1. The molecule has 1 atom stereocenters. The van der Waals surface area contributed by atoms with Gasteiger partial charge in [0.25, 0.3) is 5.91 Å². The Kier molecular flexibility index (Phi) is 4.78. The Balaban J connectivity index is 1.34. The van der Waals surface area contributed by atoms with Crippen LogP contribution >= 0.6 is 11.3 Å². The number of fused-ring (bicyclic) bond motifs is 1. The molecular formula is C20H22N2O3S. The normalized spacial score (nSPS) is 22.7. The summed E-state index contributed by atoms with van der Waals surface area (Å²) >= 11 is 1.63. The molecule has 5 nitrogen and oxygen atoms in total. The molecule has 1 saturated carbocycles. The van der Waals surface area contributed by atoms with Crippen LogP contribution in [0.1, 0.15) is 46.1 Å². The quantitative estimate of drug-likeness (QED) is 0.821. The van der Waals surface area contributed by atoms with Crippen molar-refractivity contribution in [2.45, 2.75) is 38.0 Å². The van der Waals surface area contributed by atoms with Crippen molar-refractivity contribution in [3.63, 3.8) is 0 Å². The number of carbonyl (C=O) groups is 2. The highest BCUT2D eigenvalue weighted by molar-refractivity contribution is 7.10. The molecule has 6 heteroatoms. The molecule has 1 aliphatic heterocycles. The summed E-state index contributed by atoms with van der Waals surface area (Å²) in [5, 5.41) is 14.7. The maximum Gasteiger partial charge on any atom is 0.254 e. The first-order chi connectivity index (χ1) is 12.6. The first kappa shape index (κ1) is 17.2. The molecule has 1 aliphatic carbocycles. The van der Waals surface area contributed by atoms with Gasteiger partial charge in [0.2, 0.25) is 5.91 Å². The third-order valence-corrected chi connectivity index (χ3v) is 6.25. The Labute approximate surface area is 156 Å². The molecular weight excluding hydrogens is 348 g/mol. The molecule has 2 aliphatic rings. The number of thiophene rings is 1. The Morgan fingerprint density at radius 1 is 1.27 bits per heavy atom. The second-order valence-corrected chi connectivity index (χ2v) is 8.06. The lowest BCUT2D eigenvalue weighted by Gasteiger charge is -2.37. The van der Waals surface area contributed by atoms with Crippen LogP contribution in [-0.4, -0.2) is 34.5 Å². The van der Waals surface area contributed by atoms with E-state index in [0.717, 1.165) is 28.8 Å². The average molecular weight is 370 g/mol. The third kappa shape index (κ3) is 3.39. The Bertz CT molecular complexity index is 799. The van der Waals surface area contributed by atoms with Crippen molar-refractivity contribution in [1.82, 2.24) is 10.2 Å². The van der Waals surface area contributed by atoms with E-state index in [4.69, 9.17) is 0 Å². The SMILES string of the molecule is O=C(CCN1Cc2ccccc2C1=O)N[C@H](c1cccs1)C1CC(O)C1. The highest BCUT2D eigenvalue weighted by Crippen LogP contribution is 2.39. The van der Waals surface area contributed by atoms with E-state index in [1.54, 1.807) is 16.2 Å². The maximum absolute atomic E-state index is 12.5. The zero-order valence-electron chi connectivity index (χ0n) is 14.4. The van der Waals surface area contributed by atoms with E-state index >= 15 is 0 Å². The summed E-state index contributed by atoms with van der Waals surface area (Å²) in [4.78, 5) is 27.7. The van der Waals surface area contributed by atoms with Gasteiger partial charge in [0.1, 0.15) is 0 Å². The number of carbonyl (C=O) groups excluding carboxylic acids is 2. The van der Waals surface area contributed by atoms with Crippen LogP contribution in [0, 0.1) is 5.92 Å². The van der Waals surface area contributed by atoms with Gasteiger partial charge in [-0.3, -0.25) is 9.59 Å². The van der Waals surface area contributed by atoms with Gasteiger partial charge in [0, 0.05) is 30.0 Å². The van der Waals surface area contributed by atoms with E-state index in [1.807, 2.05) is 41.8 Å². The molecule has 1 fully saturated rings. The number of nitrogens with one attached hydrogen (secondary N) is 1. The number of hydrogen-bond donors (Lipinski definition) is 2. The van der Waals surface area contributed by atoms with Crippen molar-refractivity contribution < 1.29 is 14.7 Å². The fourth-order valence-electron chi connectivity index (χ4n) is 3.77. The van der Waals surface area contributed by atoms with Crippen molar-refractivity contribution in [3.8, 4) is 0 Å². The molecule has 0 radical (unpaired) electrons. The molecule has 2 N–H and O–H groups in total. The van der Waals surface area contributed by atoms with Gasteiger partial charge in [0.15, 0.2) is 0 Å². The van der Waals surface area contributed by atoms with E-state index in [9.17, 15) is 14.7 Å². The van der Waals surface area contributed by atoms with Crippen molar-refractivity contribution in [2.24, 2.45) is 5.92 Å². The second-order valence-electron chi connectivity index (χ2n) is 7.08. The zero-order chi connectivity index (χ0) is 18.1. The van der Waals surface area contributed by atoms with Crippen molar-refractivity contribution in [2.75, 3.05) is 6.54 Å². The first-order valence-electron chi connectivity index (χ1n) is 9.00. The molecule has 0 spiro atoms. The number of aliphatic hydroxyl groups is 1. The summed E-state index contributed by atoms with van der Waals surface area (Å²) in [5.41, 5.74) is 1.77. The lowest BCUT2D eigenvalue weighted by Crippen LogP contribution is -2.41. The van der Waals surface area contributed by atoms with Gasteiger partial charge in [-0.1, -0.05) is 24.3 Å². The van der Waals surface area contributed by atoms with E-state index in [2.05, 4.69) is 5.32 Å². The lowest BCUT2D eigenvalue weighted by molar-refractivity contribution is -0.123. The van der Waals surface area contributed by atoms with Gasteiger partial charge in [-0.05, 0) is 41.8 Å². The topological polar surface area (TPSA) is 69.6 Å². The standard InChI is InChI=1S/C20H22N2O3S/c23-15-10-14(11-15)19(17-6-3-9-26-17)21-18(24)7-8-22-12-13-4-1-2-5-16(13)20(22)25/h1-6,9,14-15,19,23H,7-8,10-12H2,(H,21,24)/t14?,15?,19-/m0/s1. The highest BCUT2D eigenvalue weighted by atomic mass is 32.1. The minimum atomic E-state index is -0.250. The van der Waals surface area contributed by atoms with Gasteiger partial charge in [-0.25, -0.2) is 0 Å². The van der Waals surface area contributed by atoms with Gasteiger partial charge >= 0.3 is 0 Å². The largest absolute Gasteiger partial charge is 0.393 e. The fraction of sp³-hybridized carbons (Fsp3) is 0.400. The maximum atomic E-state index is 12.5. The van der Waals surface area contributed by atoms with Crippen LogP contribution in [0.3, 0.4) is 0 Å². The van der Waals surface area contributed by atoms with Crippen molar-refractivity contribution in [3.05, 3.63) is 57.8 Å². The molecule has 0 bridgehead atoms. The number of benzene rings is 1. The molecule has 1 aromatic carbocycles. The van der Waals surface area contributed by atoms with Gasteiger partial charge in [-0.15, -0.1) is 11.3 Å². The van der Waals surface area contributed by atoms with Crippen LogP contribution in [0.2, 0.25) is 0 Å². The molecule has 26 heavy (non-hydrogen) atoms. The molecule has 136 valence electrons. The summed E-state index contributed by atoms with van der Waals surface area (Å²) in [6, 6.07) is 11.6. The van der Waals surface area contributed by atoms with Crippen molar-refractivity contribution in [1.29, 1.82) is 0 Å². The van der Waals surface area contributed by atoms with Gasteiger partial charge < -0.3 is 15.3 Å². The summed E-state index contributed by atoms with van der Waals surface area (Å²) in [5.74, 6) is 0.240. The predicted octanol–water partition coefficient (Wildman–Crippen LogP) is 2.72. The zero-order valence-corrected chi connectivity index (χ0v) is 15.2. The third-order valence-electron chi connectivity index (χ3n) is 5.29. The summed E-state index contributed by atoms with van der Waals surface area (Å²) in [6.07, 6.45) is 1.49. The van der Waals surface area contributed by atoms with E-state index < -0.39 is 0 Å². The average Bonchev–Trinajstić information content (AvgIpc) is 3.24. The molecule has 4 rings (SSSR count). The first-order valence-corrected chi connectivity index (χ1v) is 9.88.